The van der Waals surface area contributed by atoms with E-state index in [-0.39, 0.29) is 24.2 Å². The van der Waals surface area contributed by atoms with Crippen LogP contribution in [0.2, 0.25) is 0 Å². The van der Waals surface area contributed by atoms with Crippen LogP contribution in [0.5, 0.6) is 0 Å². The predicted octanol–water partition coefficient (Wildman–Crippen LogP) is 2.85. The van der Waals surface area contributed by atoms with Crippen molar-refractivity contribution in [3.63, 3.8) is 0 Å². The molecule has 4 rings (SSSR count). The summed E-state index contributed by atoms with van der Waals surface area (Å²) in [5.74, 6) is 1.49. The number of nitrogens with one attached hydrogen (secondary N) is 2. The van der Waals surface area contributed by atoms with Crippen LogP contribution in [0.4, 0.5) is 20.5 Å². The molecule has 3 aromatic rings. The van der Waals surface area contributed by atoms with Crippen LogP contribution in [0, 0.1) is 24.0 Å². The van der Waals surface area contributed by atoms with E-state index in [0.29, 0.717) is 17.3 Å². The maximum Gasteiger partial charge on any atom is 0.270 e. The highest BCUT2D eigenvalue weighted by atomic mass is 19.1. The van der Waals surface area contributed by atoms with E-state index < -0.39 is 29.7 Å². The largest absolute Gasteiger partial charge is 0.390 e. The number of carbonyl (C=O) groups is 1. The Morgan fingerprint density at radius 2 is 1.77 bits per heavy atom. The third-order valence-corrected chi connectivity index (χ3v) is 6.93. The third kappa shape index (κ3) is 6.92. The van der Waals surface area contributed by atoms with Gasteiger partial charge in [-0.25, -0.2) is 13.8 Å². The molecule has 0 radical (unpaired) electrons. The topological polar surface area (TPSA) is 93.6 Å². The van der Waals surface area contributed by atoms with Gasteiger partial charge in [0.15, 0.2) is 0 Å². The summed E-state index contributed by atoms with van der Waals surface area (Å²) in [6.45, 7) is 0.124. The molecule has 8 nitrogen and oxygen atoms in total. The molecule has 1 aliphatic carbocycles. The fourth-order valence-corrected chi connectivity index (χ4v) is 4.52. The Bertz CT molecular complexity index is 1370. The van der Waals surface area contributed by atoms with E-state index in [4.69, 9.17) is 6.42 Å². The second kappa shape index (κ2) is 12.0. The standard InChI is InChI=1S/C30H34F2N6O2/c1-6-19-8-7-9-21(12-19)30(10-11-30)33-18-26(39)24(15-20-13-22(31)16-23(32)14-20)34-28(40)25-17-27(37(2)3)36-29(35-25)38(4)5/h1,7-9,12-14,16-17,24,26,33,39H,10-11,15,18H2,2-5H3,(H,34,40). The second-order valence-electron chi connectivity index (χ2n) is 10.5. The number of terminal acetylenes is 1. The molecule has 40 heavy (non-hydrogen) atoms. The summed E-state index contributed by atoms with van der Waals surface area (Å²) >= 11 is 0. The van der Waals surface area contributed by atoms with Gasteiger partial charge in [-0.2, -0.15) is 4.98 Å². The van der Waals surface area contributed by atoms with Gasteiger partial charge in [0.05, 0.1) is 12.1 Å². The molecule has 0 aliphatic heterocycles. The Kier molecular flexibility index (Phi) is 8.67. The lowest BCUT2D eigenvalue weighted by atomic mass is 9.98. The van der Waals surface area contributed by atoms with Gasteiger partial charge in [-0.15, -0.1) is 6.42 Å². The van der Waals surface area contributed by atoms with Crippen LogP contribution in [-0.2, 0) is 12.0 Å². The van der Waals surface area contributed by atoms with Gasteiger partial charge in [-0.3, -0.25) is 4.79 Å². The SMILES string of the molecule is C#Cc1cccc(C2(NCC(O)C(Cc3cc(F)cc(F)c3)NC(=O)c3cc(N(C)C)nc(N(C)C)n3)CC2)c1. The summed E-state index contributed by atoms with van der Waals surface area (Å²) in [4.78, 5) is 25.6. The van der Waals surface area contributed by atoms with Gasteiger partial charge in [0.2, 0.25) is 5.95 Å². The number of benzene rings is 2. The highest BCUT2D eigenvalue weighted by molar-refractivity contribution is 5.93. The zero-order chi connectivity index (χ0) is 29.0. The second-order valence-corrected chi connectivity index (χ2v) is 10.5. The number of hydrogen-bond acceptors (Lipinski definition) is 7. The lowest BCUT2D eigenvalue weighted by molar-refractivity contribution is 0.0817. The van der Waals surface area contributed by atoms with E-state index in [1.807, 2.05) is 24.3 Å². The zero-order valence-corrected chi connectivity index (χ0v) is 23.1. The number of hydrogen-bond donors (Lipinski definition) is 3. The van der Waals surface area contributed by atoms with Gasteiger partial charge in [0, 0.05) is 58.0 Å². The first-order valence-electron chi connectivity index (χ1n) is 13.0. The predicted molar refractivity (Wildman–Crippen MR) is 151 cm³/mol. The first kappa shape index (κ1) is 28.9. The number of carbonyl (C=O) groups excluding carboxylic acids is 1. The molecule has 2 atom stereocenters. The van der Waals surface area contributed by atoms with Crippen LogP contribution in [0.3, 0.4) is 0 Å². The summed E-state index contributed by atoms with van der Waals surface area (Å²) in [6.07, 6.45) is 6.20. The molecule has 10 heteroatoms. The first-order valence-corrected chi connectivity index (χ1v) is 13.0. The maximum atomic E-state index is 14.0. The lowest BCUT2D eigenvalue weighted by Crippen LogP contribution is -2.50. The number of aromatic nitrogens is 2. The average molecular weight is 549 g/mol. The maximum absolute atomic E-state index is 14.0. The Labute approximate surface area is 233 Å². The van der Waals surface area contributed by atoms with Crippen molar-refractivity contribution in [3.8, 4) is 12.3 Å². The molecule has 2 aromatic carbocycles. The summed E-state index contributed by atoms with van der Waals surface area (Å²) in [7, 11) is 7.13. The molecule has 3 N–H and O–H groups in total. The van der Waals surface area contributed by atoms with Gasteiger partial charge < -0.3 is 25.5 Å². The van der Waals surface area contributed by atoms with Crippen molar-refractivity contribution in [2.75, 3.05) is 44.5 Å². The number of anilines is 2. The van der Waals surface area contributed by atoms with E-state index >= 15 is 0 Å². The highest BCUT2D eigenvalue weighted by Crippen LogP contribution is 2.45. The summed E-state index contributed by atoms with van der Waals surface area (Å²) < 4.78 is 27.9. The van der Waals surface area contributed by atoms with Crippen molar-refractivity contribution in [1.29, 1.82) is 0 Å². The van der Waals surface area contributed by atoms with Gasteiger partial charge in [-0.05, 0) is 54.7 Å². The van der Waals surface area contributed by atoms with Crippen LogP contribution in [0.15, 0.2) is 48.5 Å². The number of amides is 1. The van der Waals surface area contributed by atoms with Crippen LogP contribution in [0.1, 0.15) is 40.0 Å². The molecule has 2 unspecified atom stereocenters. The number of nitrogens with zero attached hydrogens (tertiary/aromatic N) is 4. The Morgan fingerprint density at radius 1 is 1.07 bits per heavy atom. The van der Waals surface area contributed by atoms with Crippen molar-refractivity contribution in [2.24, 2.45) is 0 Å². The molecule has 0 bridgehead atoms. The molecule has 210 valence electrons. The van der Waals surface area contributed by atoms with Crippen LogP contribution < -0.4 is 20.4 Å². The quantitative estimate of drug-likeness (QED) is 0.318. The van der Waals surface area contributed by atoms with Gasteiger partial charge in [-0.1, -0.05) is 18.1 Å². The van der Waals surface area contributed by atoms with E-state index in [1.165, 1.54) is 12.1 Å². The molecular weight excluding hydrogens is 514 g/mol. The minimum absolute atomic E-state index is 0.00496. The van der Waals surface area contributed by atoms with E-state index in [2.05, 4.69) is 26.5 Å². The van der Waals surface area contributed by atoms with E-state index in [1.54, 1.807) is 44.1 Å². The Morgan fingerprint density at radius 3 is 2.38 bits per heavy atom. The molecule has 1 saturated carbocycles. The molecule has 1 aliphatic rings. The van der Waals surface area contributed by atoms with Gasteiger partial charge in [0.25, 0.3) is 5.91 Å². The van der Waals surface area contributed by atoms with Gasteiger partial charge in [0.1, 0.15) is 23.1 Å². The van der Waals surface area contributed by atoms with Crippen LogP contribution in [-0.4, -0.2) is 67.9 Å². The smallest absolute Gasteiger partial charge is 0.270 e. The van der Waals surface area contributed by atoms with Crippen LogP contribution >= 0.6 is 0 Å². The normalized spacial score (nSPS) is 15.1. The van der Waals surface area contributed by atoms with Crippen molar-refractivity contribution in [1.82, 2.24) is 20.6 Å². The van der Waals surface area contributed by atoms with E-state index in [9.17, 15) is 18.7 Å². The minimum Gasteiger partial charge on any atom is -0.390 e. The Hall–Kier alpha value is -4.07. The zero-order valence-electron chi connectivity index (χ0n) is 23.1. The monoisotopic (exact) mass is 548 g/mol. The third-order valence-electron chi connectivity index (χ3n) is 6.93. The van der Waals surface area contributed by atoms with Crippen molar-refractivity contribution < 1.29 is 18.7 Å². The molecule has 1 fully saturated rings. The molecule has 1 heterocycles. The van der Waals surface area contributed by atoms with Crippen molar-refractivity contribution >= 4 is 17.7 Å². The first-order chi connectivity index (χ1) is 19.0. The molecular formula is C30H34F2N6O2. The van der Waals surface area contributed by atoms with E-state index in [0.717, 1.165) is 30.0 Å². The number of halogens is 2. The number of aliphatic hydroxyl groups is 1. The fraction of sp³-hybridized carbons (Fsp3) is 0.367. The molecule has 0 saturated heterocycles. The number of rotatable bonds is 11. The molecule has 1 aromatic heterocycles. The minimum atomic E-state index is -1.09. The van der Waals surface area contributed by atoms with Gasteiger partial charge >= 0.3 is 0 Å². The average Bonchev–Trinajstić information content (AvgIpc) is 3.71. The fourth-order valence-electron chi connectivity index (χ4n) is 4.52. The molecule has 1 amide bonds. The molecule has 0 spiro atoms. The summed E-state index contributed by atoms with van der Waals surface area (Å²) in [5.41, 5.74) is 1.86. The van der Waals surface area contributed by atoms with Crippen molar-refractivity contribution in [2.45, 2.75) is 36.9 Å². The summed E-state index contributed by atoms with van der Waals surface area (Å²) in [5, 5.41) is 17.6. The Balaban J connectivity index is 1.57. The highest BCUT2D eigenvalue weighted by Gasteiger charge is 2.44. The number of aliphatic hydroxyl groups excluding tert-OH is 1. The van der Waals surface area contributed by atoms with Crippen LogP contribution in [0.25, 0.3) is 0 Å². The lowest BCUT2D eigenvalue weighted by Gasteiger charge is -2.27. The van der Waals surface area contributed by atoms with Crippen molar-refractivity contribution in [3.05, 3.63) is 82.5 Å². The summed E-state index contributed by atoms with van der Waals surface area (Å²) in [6, 6.07) is 11.5.